The van der Waals surface area contributed by atoms with Crippen LogP contribution in [0.2, 0.25) is 0 Å². The van der Waals surface area contributed by atoms with Gasteiger partial charge in [-0.1, -0.05) is 12.1 Å². The number of benzene rings is 2. The fourth-order valence-corrected chi connectivity index (χ4v) is 2.57. The lowest BCUT2D eigenvalue weighted by Gasteiger charge is -2.20. The Morgan fingerprint density at radius 2 is 1.85 bits per heavy atom. The first kappa shape index (κ1) is 17.5. The van der Waals surface area contributed by atoms with Gasteiger partial charge < -0.3 is 10.2 Å². The summed E-state index contributed by atoms with van der Waals surface area (Å²) in [4.78, 5) is 14.4. The molecule has 0 radical (unpaired) electrons. The molecule has 1 heterocycles. The van der Waals surface area contributed by atoms with E-state index < -0.39 is 0 Å². The highest BCUT2D eigenvalue weighted by Gasteiger charge is 2.18. The van der Waals surface area contributed by atoms with Crippen molar-refractivity contribution in [2.45, 2.75) is 13.8 Å². The molecule has 6 heteroatoms. The first-order valence-electron chi connectivity index (χ1n) is 8.31. The Labute approximate surface area is 151 Å². The predicted octanol–water partition coefficient (Wildman–Crippen LogP) is 4.33. The van der Waals surface area contributed by atoms with Crippen molar-refractivity contribution in [2.75, 3.05) is 16.8 Å². The minimum absolute atomic E-state index is 0.209. The standard InChI is InChI=1S/C20H19FN4O/c1-3-25(17-6-4-5-14(2)13-17)20(26)18-11-12-19(24-23-18)22-16-9-7-15(21)8-10-16/h4-13H,3H2,1-2H3,(H,22,24). The van der Waals surface area contributed by atoms with Crippen LogP contribution in [0.4, 0.5) is 21.6 Å². The molecule has 0 saturated heterocycles. The van der Waals surface area contributed by atoms with Gasteiger partial charge in [-0.3, -0.25) is 4.79 Å². The van der Waals surface area contributed by atoms with Gasteiger partial charge in [0.15, 0.2) is 11.5 Å². The number of nitrogens with zero attached hydrogens (tertiary/aromatic N) is 3. The fraction of sp³-hybridized carbons (Fsp3) is 0.150. The average Bonchev–Trinajstić information content (AvgIpc) is 2.65. The van der Waals surface area contributed by atoms with Crippen LogP contribution in [0.1, 0.15) is 23.0 Å². The molecule has 0 aliphatic rings. The van der Waals surface area contributed by atoms with Crippen molar-refractivity contribution in [3.8, 4) is 0 Å². The van der Waals surface area contributed by atoms with Crippen molar-refractivity contribution in [3.63, 3.8) is 0 Å². The van der Waals surface area contributed by atoms with Gasteiger partial charge in [0.2, 0.25) is 0 Å². The molecule has 0 saturated carbocycles. The number of amides is 1. The van der Waals surface area contributed by atoms with Crippen molar-refractivity contribution >= 4 is 23.1 Å². The normalized spacial score (nSPS) is 10.4. The maximum atomic E-state index is 12.9. The highest BCUT2D eigenvalue weighted by atomic mass is 19.1. The molecule has 0 bridgehead atoms. The molecule has 0 aliphatic heterocycles. The summed E-state index contributed by atoms with van der Waals surface area (Å²) in [6.07, 6.45) is 0. The maximum absolute atomic E-state index is 12.9. The van der Waals surface area contributed by atoms with Gasteiger partial charge in [-0.15, -0.1) is 10.2 Å². The molecule has 0 unspecified atom stereocenters. The molecule has 0 spiro atoms. The molecule has 0 fully saturated rings. The van der Waals surface area contributed by atoms with E-state index in [1.807, 2.05) is 38.1 Å². The van der Waals surface area contributed by atoms with Crippen LogP contribution in [0.3, 0.4) is 0 Å². The fourth-order valence-electron chi connectivity index (χ4n) is 2.57. The average molecular weight is 350 g/mol. The Bertz CT molecular complexity index is 894. The van der Waals surface area contributed by atoms with Crippen molar-refractivity contribution < 1.29 is 9.18 Å². The van der Waals surface area contributed by atoms with E-state index in [2.05, 4.69) is 15.5 Å². The van der Waals surface area contributed by atoms with Crippen LogP contribution in [0.15, 0.2) is 60.7 Å². The highest BCUT2D eigenvalue weighted by Crippen LogP contribution is 2.19. The van der Waals surface area contributed by atoms with Gasteiger partial charge in [0.1, 0.15) is 5.82 Å². The molecule has 0 aliphatic carbocycles. The molecule has 3 aromatic rings. The van der Waals surface area contributed by atoms with Gasteiger partial charge in [-0.2, -0.15) is 0 Å². The van der Waals surface area contributed by atoms with Crippen molar-refractivity contribution in [1.29, 1.82) is 0 Å². The van der Waals surface area contributed by atoms with E-state index in [1.54, 1.807) is 29.2 Å². The molecule has 2 aromatic carbocycles. The number of rotatable bonds is 5. The second kappa shape index (κ2) is 7.74. The monoisotopic (exact) mass is 350 g/mol. The van der Waals surface area contributed by atoms with E-state index in [9.17, 15) is 9.18 Å². The quantitative estimate of drug-likeness (QED) is 0.744. The third-order valence-electron chi connectivity index (χ3n) is 3.87. The zero-order valence-corrected chi connectivity index (χ0v) is 14.6. The summed E-state index contributed by atoms with van der Waals surface area (Å²) in [6.45, 7) is 4.43. The van der Waals surface area contributed by atoms with E-state index >= 15 is 0 Å². The molecular formula is C20H19FN4O. The number of carbonyl (C=O) groups is 1. The van der Waals surface area contributed by atoms with Crippen molar-refractivity contribution in [2.24, 2.45) is 0 Å². The lowest BCUT2D eigenvalue weighted by molar-refractivity contribution is 0.0982. The van der Waals surface area contributed by atoms with Crippen LogP contribution in [0.25, 0.3) is 0 Å². The molecule has 5 nitrogen and oxygen atoms in total. The molecule has 3 rings (SSSR count). The summed E-state index contributed by atoms with van der Waals surface area (Å²) in [5.74, 6) is -0.0379. The molecule has 0 atom stereocenters. The smallest absolute Gasteiger partial charge is 0.278 e. The van der Waals surface area contributed by atoms with Crippen LogP contribution in [-0.2, 0) is 0 Å². The summed E-state index contributed by atoms with van der Waals surface area (Å²) in [5.41, 5.74) is 2.86. The number of hydrogen-bond donors (Lipinski definition) is 1. The predicted molar refractivity (Wildman–Crippen MR) is 100 cm³/mol. The van der Waals surface area contributed by atoms with Gasteiger partial charge in [-0.05, 0) is 67.9 Å². The summed E-state index contributed by atoms with van der Waals surface area (Å²) in [6, 6.07) is 17.0. The number of hydrogen-bond acceptors (Lipinski definition) is 4. The summed E-state index contributed by atoms with van der Waals surface area (Å²) in [7, 11) is 0. The summed E-state index contributed by atoms with van der Waals surface area (Å²) in [5, 5.41) is 11.1. The maximum Gasteiger partial charge on any atom is 0.278 e. The van der Waals surface area contributed by atoms with Crippen molar-refractivity contribution in [3.05, 3.63) is 77.7 Å². The van der Waals surface area contributed by atoms with E-state index in [4.69, 9.17) is 0 Å². The van der Waals surface area contributed by atoms with E-state index in [0.29, 0.717) is 18.1 Å². The van der Waals surface area contributed by atoms with Crippen LogP contribution in [0, 0.1) is 12.7 Å². The second-order valence-corrected chi connectivity index (χ2v) is 5.82. The number of halogens is 1. The summed E-state index contributed by atoms with van der Waals surface area (Å²) < 4.78 is 12.9. The third-order valence-corrected chi connectivity index (χ3v) is 3.87. The zero-order valence-electron chi connectivity index (χ0n) is 14.6. The SMILES string of the molecule is CCN(C(=O)c1ccc(Nc2ccc(F)cc2)nn1)c1cccc(C)c1. The van der Waals surface area contributed by atoms with E-state index in [-0.39, 0.29) is 17.4 Å². The molecule has 1 amide bonds. The second-order valence-electron chi connectivity index (χ2n) is 5.82. The molecule has 1 N–H and O–H groups in total. The number of nitrogens with one attached hydrogen (secondary N) is 1. The van der Waals surface area contributed by atoms with Gasteiger partial charge in [-0.25, -0.2) is 4.39 Å². The first-order chi connectivity index (χ1) is 12.6. The van der Waals surface area contributed by atoms with Crippen LogP contribution < -0.4 is 10.2 Å². The number of carbonyl (C=O) groups excluding carboxylic acids is 1. The first-order valence-corrected chi connectivity index (χ1v) is 8.31. The highest BCUT2D eigenvalue weighted by molar-refractivity contribution is 6.04. The van der Waals surface area contributed by atoms with Gasteiger partial charge in [0.05, 0.1) is 0 Å². The van der Waals surface area contributed by atoms with Crippen molar-refractivity contribution in [1.82, 2.24) is 10.2 Å². The minimum Gasteiger partial charge on any atom is -0.339 e. The Balaban J connectivity index is 1.76. The van der Waals surface area contributed by atoms with Crippen LogP contribution in [-0.4, -0.2) is 22.6 Å². The Morgan fingerprint density at radius 1 is 1.08 bits per heavy atom. The van der Waals surface area contributed by atoms with Gasteiger partial charge >= 0.3 is 0 Å². The topological polar surface area (TPSA) is 58.1 Å². The van der Waals surface area contributed by atoms with Gasteiger partial charge in [0, 0.05) is 17.9 Å². The van der Waals surface area contributed by atoms with Crippen LogP contribution >= 0.6 is 0 Å². The van der Waals surface area contributed by atoms with E-state index in [0.717, 1.165) is 11.3 Å². The molecular weight excluding hydrogens is 331 g/mol. The lowest BCUT2D eigenvalue weighted by atomic mass is 10.2. The molecule has 26 heavy (non-hydrogen) atoms. The number of aryl methyl sites for hydroxylation is 1. The minimum atomic E-state index is -0.307. The molecule has 1 aromatic heterocycles. The third kappa shape index (κ3) is 4.03. The zero-order chi connectivity index (χ0) is 18.5. The van der Waals surface area contributed by atoms with E-state index in [1.165, 1.54) is 12.1 Å². The number of aromatic nitrogens is 2. The lowest BCUT2D eigenvalue weighted by Crippen LogP contribution is -2.31. The Hall–Kier alpha value is -3.28. The van der Waals surface area contributed by atoms with Gasteiger partial charge in [0.25, 0.3) is 5.91 Å². The molecule has 132 valence electrons. The summed E-state index contributed by atoms with van der Waals surface area (Å²) >= 11 is 0. The Kier molecular flexibility index (Phi) is 5.22. The Morgan fingerprint density at radius 3 is 2.46 bits per heavy atom. The largest absolute Gasteiger partial charge is 0.339 e. The number of anilines is 3. The van der Waals surface area contributed by atoms with Crippen LogP contribution in [0.5, 0.6) is 0 Å².